The van der Waals surface area contributed by atoms with Crippen LogP contribution >= 0.6 is 0 Å². The first-order chi connectivity index (χ1) is 17.1. The summed E-state index contributed by atoms with van der Waals surface area (Å²) < 4.78 is 36.3. The number of hydrogen-bond acceptors (Lipinski definition) is 5. The molecule has 0 amide bonds. The smallest absolute Gasteiger partial charge is 0.165 e. The van der Waals surface area contributed by atoms with Crippen LogP contribution in [0.5, 0.6) is 5.75 Å². The van der Waals surface area contributed by atoms with Crippen LogP contribution in [0.2, 0.25) is 0 Å². The molecule has 0 saturated heterocycles. The maximum atomic E-state index is 14.0. The number of hydrogen-bond donors (Lipinski definition) is 1. The minimum atomic E-state index is -0.326. The maximum absolute atomic E-state index is 14.0. The van der Waals surface area contributed by atoms with Crippen LogP contribution in [0.3, 0.4) is 0 Å². The van der Waals surface area contributed by atoms with E-state index in [1.807, 2.05) is 31.7 Å². The number of halogens is 2. The topological polar surface area (TPSA) is 69.8 Å². The van der Waals surface area contributed by atoms with Gasteiger partial charge < -0.3 is 10.1 Å². The van der Waals surface area contributed by atoms with Crippen molar-refractivity contribution in [3.8, 4) is 17.0 Å². The first kappa shape index (κ1) is 23.3. The van der Waals surface area contributed by atoms with Gasteiger partial charge in [0.05, 0.1) is 30.5 Å². The highest BCUT2D eigenvalue weighted by Gasteiger charge is 2.27. The summed E-state index contributed by atoms with van der Waals surface area (Å²) in [5.74, 6) is 0.744. The molecule has 0 atom stereocenters. The van der Waals surface area contributed by atoms with E-state index in [2.05, 4.69) is 20.1 Å². The highest BCUT2D eigenvalue weighted by molar-refractivity contribution is 5.93. The number of benzene rings is 1. The number of rotatable bonds is 9. The summed E-state index contributed by atoms with van der Waals surface area (Å²) in [5.41, 5.74) is 2.80. The lowest BCUT2D eigenvalue weighted by Crippen LogP contribution is -2.26. The van der Waals surface area contributed by atoms with Gasteiger partial charge in [0.2, 0.25) is 0 Å². The Labute approximate surface area is 203 Å². The number of aryl methyl sites for hydroxylation is 1. The van der Waals surface area contributed by atoms with Gasteiger partial charge in [-0.15, -0.1) is 0 Å². The Kier molecular flexibility index (Phi) is 6.92. The monoisotopic (exact) mass is 480 g/mol. The molecule has 4 aromatic rings. The number of pyridine rings is 1. The van der Waals surface area contributed by atoms with Crippen LogP contribution in [0, 0.1) is 5.82 Å². The highest BCUT2D eigenvalue weighted by Crippen LogP contribution is 2.36. The molecule has 35 heavy (non-hydrogen) atoms. The van der Waals surface area contributed by atoms with Crippen LogP contribution in [0.1, 0.15) is 44.6 Å². The van der Waals surface area contributed by atoms with Crippen molar-refractivity contribution in [1.82, 2.24) is 24.5 Å². The van der Waals surface area contributed by atoms with Gasteiger partial charge in [0.25, 0.3) is 0 Å². The molecule has 0 bridgehead atoms. The van der Waals surface area contributed by atoms with Gasteiger partial charge in [-0.25, -0.2) is 9.37 Å². The van der Waals surface area contributed by atoms with Crippen LogP contribution in [-0.2, 0) is 7.05 Å². The van der Waals surface area contributed by atoms with E-state index in [-0.39, 0.29) is 24.6 Å². The van der Waals surface area contributed by atoms with E-state index < -0.39 is 0 Å². The Bertz CT molecular complexity index is 1280. The molecular formula is C26H30F2N6O. The van der Waals surface area contributed by atoms with E-state index >= 15 is 0 Å². The summed E-state index contributed by atoms with van der Waals surface area (Å²) in [7, 11) is 1.89. The Morgan fingerprint density at radius 2 is 1.94 bits per heavy atom. The van der Waals surface area contributed by atoms with Gasteiger partial charge in [-0.3, -0.25) is 13.8 Å². The first-order valence-electron chi connectivity index (χ1n) is 12.2. The lowest BCUT2D eigenvalue weighted by molar-refractivity contribution is 0.126. The van der Waals surface area contributed by atoms with Crippen molar-refractivity contribution in [2.75, 3.05) is 18.5 Å². The van der Waals surface area contributed by atoms with Crippen molar-refractivity contribution in [2.24, 2.45) is 7.05 Å². The standard InChI is InChI=1S/C26H30F2N6O/c1-33-17-18(15-31-33)26-21-16-30-25(29-13-5-4-12-27)14-23(21)34(32-26)19-8-10-20(11-9-19)35-24-7-3-2-6-22(24)28/h2-3,6-7,14-17,19-20H,4-5,8-13H2,1H3,(H,29,30)/t19-,20+. The molecule has 0 radical (unpaired) electrons. The molecule has 1 saturated carbocycles. The molecule has 7 nitrogen and oxygen atoms in total. The lowest BCUT2D eigenvalue weighted by atomic mass is 9.93. The van der Waals surface area contributed by atoms with Crippen molar-refractivity contribution in [3.63, 3.8) is 0 Å². The third kappa shape index (κ3) is 5.13. The Balaban J connectivity index is 1.38. The second kappa shape index (κ2) is 10.4. The van der Waals surface area contributed by atoms with Gasteiger partial charge in [0, 0.05) is 43.0 Å². The number of aromatic nitrogens is 5. The molecule has 3 heterocycles. The number of unbranched alkanes of at least 4 members (excludes halogenated alkanes) is 1. The third-order valence-corrected chi connectivity index (χ3v) is 6.56. The Morgan fingerprint density at radius 3 is 2.69 bits per heavy atom. The van der Waals surface area contributed by atoms with Crippen molar-refractivity contribution < 1.29 is 13.5 Å². The molecule has 1 fully saturated rings. The van der Waals surface area contributed by atoms with Gasteiger partial charge in [0.15, 0.2) is 11.6 Å². The fraction of sp³-hybridized carbons (Fsp3) is 0.423. The van der Waals surface area contributed by atoms with Crippen LogP contribution in [0.25, 0.3) is 22.2 Å². The molecule has 184 valence electrons. The summed E-state index contributed by atoms with van der Waals surface area (Å²) in [6, 6.07) is 8.79. The van der Waals surface area contributed by atoms with E-state index in [4.69, 9.17) is 9.84 Å². The molecule has 0 spiro atoms. The summed E-state index contributed by atoms with van der Waals surface area (Å²) >= 11 is 0. The number of para-hydroxylation sites is 1. The van der Waals surface area contributed by atoms with Gasteiger partial charge in [-0.2, -0.15) is 10.2 Å². The average Bonchev–Trinajstić information content (AvgIpc) is 3.47. The minimum Gasteiger partial charge on any atom is -0.487 e. The van der Waals surface area contributed by atoms with E-state index in [9.17, 15) is 8.78 Å². The predicted molar refractivity (Wildman–Crippen MR) is 132 cm³/mol. The number of nitrogens with one attached hydrogen (secondary N) is 1. The van der Waals surface area contributed by atoms with Crippen LogP contribution in [0.4, 0.5) is 14.6 Å². The molecule has 1 aromatic carbocycles. The predicted octanol–water partition coefficient (Wildman–Crippen LogP) is 5.70. The second-order valence-corrected chi connectivity index (χ2v) is 9.08. The number of anilines is 1. The second-order valence-electron chi connectivity index (χ2n) is 9.08. The van der Waals surface area contributed by atoms with Crippen LogP contribution in [-0.4, -0.2) is 43.9 Å². The molecule has 1 aliphatic rings. The normalized spacial score (nSPS) is 18.1. The molecule has 1 N–H and O–H groups in total. The fourth-order valence-corrected chi connectivity index (χ4v) is 4.73. The Hall–Kier alpha value is -3.49. The summed E-state index contributed by atoms with van der Waals surface area (Å²) in [5, 5.41) is 13.6. The summed E-state index contributed by atoms with van der Waals surface area (Å²) in [4.78, 5) is 4.58. The first-order valence-corrected chi connectivity index (χ1v) is 12.2. The van der Waals surface area contributed by atoms with Gasteiger partial charge in [0.1, 0.15) is 11.5 Å². The van der Waals surface area contributed by atoms with E-state index in [0.29, 0.717) is 18.7 Å². The lowest BCUT2D eigenvalue weighted by Gasteiger charge is -2.29. The number of nitrogens with zero attached hydrogens (tertiary/aromatic N) is 5. The largest absolute Gasteiger partial charge is 0.487 e. The quantitative estimate of drug-likeness (QED) is 0.312. The van der Waals surface area contributed by atoms with Crippen molar-refractivity contribution in [3.05, 3.63) is 54.7 Å². The van der Waals surface area contributed by atoms with Crippen LogP contribution < -0.4 is 10.1 Å². The van der Waals surface area contributed by atoms with Gasteiger partial charge in [-0.05, 0) is 50.7 Å². The zero-order chi connectivity index (χ0) is 24.2. The van der Waals surface area contributed by atoms with Crippen molar-refractivity contribution >= 4 is 16.7 Å². The molecule has 1 aliphatic carbocycles. The Morgan fingerprint density at radius 1 is 1.11 bits per heavy atom. The van der Waals surface area contributed by atoms with E-state index in [0.717, 1.165) is 60.1 Å². The summed E-state index contributed by atoms with van der Waals surface area (Å²) in [6.45, 7) is 0.364. The maximum Gasteiger partial charge on any atom is 0.165 e. The number of ether oxygens (including phenoxy) is 1. The molecule has 0 unspecified atom stereocenters. The van der Waals surface area contributed by atoms with Gasteiger partial charge in [-0.1, -0.05) is 12.1 Å². The van der Waals surface area contributed by atoms with Crippen molar-refractivity contribution in [1.29, 1.82) is 0 Å². The average molecular weight is 481 g/mol. The fourth-order valence-electron chi connectivity index (χ4n) is 4.73. The zero-order valence-corrected chi connectivity index (χ0v) is 19.8. The molecule has 5 rings (SSSR count). The van der Waals surface area contributed by atoms with Gasteiger partial charge >= 0.3 is 0 Å². The zero-order valence-electron chi connectivity index (χ0n) is 19.8. The molecular weight excluding hydrogens is 450 g/mol. The highest BCUT2D eigenvalue weighted by atomic mass is 19.1. The SMILES string of the molecule is Cn1cc(-c2nn([C@H]3CC[C@@H](Oc4ccccc4F)CC3)c3cc(NCCCCF)ncc23)cn1. The van der Waals surface area contributed by atoms with Crippen molar-refractivity contribution in [2.45, 2.75) is 50.7 Å². The van der Waals surface area contributed by atoms with Crippen LogP contribution in [0.15, 0.2) is 48.9 Å². The minimum absolute atomic E-state index is 0.0165. The molecule has 9 heteroatoms. The summed E-state index contributed by atoms with van der Waals surface area (Å²) in [6.07, 6.45) is 10.3. The van der Waals surface area contributed by atoms with E-state index in [1.54, 1.807) is 22.9 Å². The molecule has 0 aliphatic heterocycles. The number of alkyl halides is 1. The van der Waals surface area contributed by atoms with E-state index in [1.165, 1.54) is 6.07 Å². The third-order valence-electron chi connectivity index (χ3n) is 6.56. The molecule has 3 aromatic heterocycles. The number of fused-ring (bicyclic) bond motifs is 1.